The van der Waals surface area contributed by atoms with Crippen LogP contribution in [0.3, 0.4) is 0 Å². The van der Waals surface area contributed by atoms with Gasteiger partial charge < -0.3 is 0 Å². The van der Waals surface area contributed by atoms with E-state index < -0.39 is 0 Å². The molecule has 8 heteroatoms. The van der Waals surface area contributed by atoms with Crippen LogP contribution >= 0.6 is 11.6 Å². The monoisotopic (exact) mass is 351 g/mol. The molecule has 0 aliphatic carbocycles. The van der Waals surface area contributed by atoms with Gasteiger partial charge in [-0.2, -0.15) is 10.2 Å². The van der Waals surface area contributed by atoms with Crippen molar-refractivity contribution in [1.29, 1.82) is 0 Å². The largest absolute Gasteiger partial charge is 0.296 e. The molecule has 1 aliphatic rings. The van der Waals surface area contributed by atoms with Crippen LogP contribution in [0.25, 0.3) is 17.1 Å². The lowest BCUT2D eigenvalue weighted by Crippen LogP contribution is -2.12. The minimum absolute atomic E-state index is 0.584. The summed E-state index contributed by atoms with van der Waals surface area (Å²) in [7, 11) is 0. The van der Waals surface area contributed by atoms with Gasteiger partial charge >= 0.3 is 0 Å². The van der Waals surface area contributed by atoms with E-state index in [1.807, 2.05) is 46.7 Å². The number of benzene rings is 1. The molecular weight excluding hydrogens is 338 g/mol. The fourth-order valence-electron chi connectivity index (χ4n) is 3.29. The highest BCUT2D eigenvalue weighted by Crippen LogP contribution is 2.36. The summed E-state index contributed by atoms with van der Waals surface area (Å²) in [6, 6.07) is 7.84. The molecule has 25 heavy (non-hydrogen) atoms. The van der Waals surface area contributed by atoms with E-state index in [4.69, 9.17) is 11.6 Å². The van der Waals surface area contributed by atoms with Gasteiger partial charge in [-0.05, 0) is 25.1 Å². The molecule has 0 amide bonds. The summed E-state index contributed by atoms with van der Waals surface area (Å²) in [5, 5.41) is 9.36. The van der Waals surface area contributed by atoms with Crippen molar-refractivity contribution < 1.29 is 0 Å². The summed E-state index contributed by atoms with van der Waals surface area (Å²) in [4.78, 5) is 9.06. The van der Waals surface area contributed by atoms with E-state index in [-0.39, 0.29) is 0 Å². The summed E-state index contributed by atoms with van der Waals surface area (Å²) in [5.41, 5.74) is 3.96. The van der Waals surface area contributed by atoms with Crippen molar-refractivity contribution in [2.75, 3.05) is 0 Å². The van der Waals surface area contributed by atoms with Gasteiger partial charge in [0.2, 0.25) is 0 Å². The summed E-state index contributed by atoms with van der Waals surface area (Å²) < 4.78 is 5.92. The van der Waals surface area contributed by atoms with E-state index in [1.54, 1.807) is 12.5 Å². The minimum atomic E-state index is 0.584. The van der Waals surface area contributed by atoms with Crippen LogP contribution in [-0.2, 0) is 13.1 Å². The summed E-state index contributed by atoms with van der Waals surface area (Å²) in [6.45, 7) is 3.20. The molecule has 0 N–H and O–H groups in total. The van der Waals surface area contributed by atoms with E-state index in [2.05, 4.69) is 24.7 Å². The minimum Gasteiger partial charge on any atom is -0.296 e. The van der Waals surface area contributed by atoms with Crippen molar-refractivity contribution in [2.24, 2.45) is 0 Å². The topological polar surface area (TPSA) is 66.3 Å². The highest BCUT2D eigenvalue weighted by molar-refractivity contribution is 6.33. The Morgan fingerprint density at radius 3 is 2.92 bits per heavy atom. The molecule has 0 saturated heterocycles. The molecule has 0 atom stereocenters. The van der Waals surface area contributed by atoms with Crippen LogP contribution in [0.15, 0.2) is 43.0 Å². The third kappa shape index (κ3) is 2.12. The number of imidazole rings is 1. The van der Waals surface area contributed by atoms with Crippen LogP contribution in [0.2, 0.25) is 5.02 Å². The molecule has 1 aromatic carbocycles. The zero-order valence-corrected chi connectivity index (χ0v) is 14.2. The quantitative estimate of drug-likeness (QED) is 0.490. The first kappa shape index (κ1) is 14.4. The maximum Gasteiger partial charge on any atom is 0.162 e. The molecule has 124 valence electrons. The van der Waals surface area contributed by atoms with Gasteiger partial charge in [0.05, 0.1) is 41.3 Å². The van der Waals surface area contributed by atoms with Crippen LogP contribution in [-0.4, -0.2) is 34.1 Å². The van der Waals surface area contributed by atoms with E-state index in [0.717, 1.165) is 34.3 Å². The first-order valence-electron chi connectivity index (χ1n) is 7.93. The molecular formula is C17H14ClN7. The molecule has 0 spiro atoms. The van der Waals surface area contributed by atoms with Gasteiger partial charge in [0.25, 0.3) is 0 Å². The maximum atomic E-state index is 6.52. The first-order valence-corrected chi connectivity index (χ1v) is 8.31. The average Bonchev–Trinajstić information content (AvgIpc) is 3.29. The van der Waals surface area contributed by atoms with Crippen molar-refractivity contribution in [3.8, 4) is 17.1 Å². The lowest BCUT2D eigenvalue weighted by Gasteiger charge is -2.14. The van der Waals surface area contributed by atoms with Crippen LogP contribution in [0.1, 0.15) is 17.2 Å². The predicted octanol–water partition coefficient (Wildman–Crippen LogP) is 2.70. The third-order valence-corrected chi connectivity index (χ3v) is 4.83. The van der Waals surface area contributed by atoms with Crippen LogP contribution in [0.5, 0.6) is 0 Å². The number of hydrogen-bond donors (Lipinski definition) is 0. The van der Waals surface area contributed by atoms with Crippen LogP contribution < -0.4 is 0 Å². The smallest absolute Gasteiger partial charge is 0.162 e. The molecule has 0 radical (unpaired) electrons. The summed E-state index contributed by atoms with van der Waals surface area (Å²) >= 11 is 6.52. The van der Waals surface area contributed by atoms with Gasteiger partial charge in [-0.25, -0.2) is 14.6 Å². The van der Waals surface area contributed by atoms with Crippen molar-refractivity contribution in [2.45, 2.75) is 20.0 Å². The van der Waals surface area contributed by atoms with Gasteiger partial charge in [-0.3, -0.25) is 9.25 Å². The molecule has 4 aromatic rings. The van der Waals surface area contributed by atoms with Crippen LogP contribution in [0, 0.1) is 6.92 Å². The number of aromatic nitrogens is 7. The second-order valence-electron chi connectivity index (χ2n) is 6.01. The van der Waals surface area contributed by atoms with Crippen LogP contribution in [0.4, 0.5) is 0 Å². The van der Waals surface area contributed by atoms with Gasteiger partial charge in [-0.15, -0.1) is 0 Å². The van der Waals surface area contributed by atoms with Gasteiger partial charge in [0, 0.05) is 11.9 Å². The van der Waals surface area contributed by atoms with Crippen molar-refractivity contribution in [3.63, 3.8) is 0 Å². The number of hydrogen-bond acceptors (Lipinski definition) is 4. The average molecular weight is 352 g/mol. The number of aryl methyl sites for hydroxylation is 1. The molecule has 5 rings (SSSR count). The molecule has 0 bridgehead atoms. The molecule has 4 heterocycles. The number of halogens is 1. The van der Waals surface area contributed by atoms with Gasteiger partial charge in [0.15, 0.2) is 5.82 Å². The fraction of sp³-hybridized carbons (Fsp3) is 0.176. The lowest BCUT2D eigenvalue weighted by molar-refractivity contribution is 0.620. The Balaban J connectivity index is 1.75. The number of nitrogens with zero attached hydrogens (tertiary/aromatic N) is 7. The lowest BCUT2D eigenvalue weighted by atomic mass is 10.1. The Labute approximate surface area is 148 Å². The zero-order chi connectivity index (χ0) is 17.0. The third-order valence-electron chi connectivity index (χ3n) is 4.51. The fourth-order valence-corrected chi connectivity index (χ4v) is 3.55. The van der Waals surface area contributed by atoms with E-state index in [1.165, 1.54) is 0 Å². The Bertz CT molecular complexity index is 1090. The maximum absolute atomic E-state index is 6.52. The molecule has 1 aliphatic heterocycles. The van der Waals surface area contributed by atoms with Crippen molar-refractivity contribution in [3.05, 3.63) is 65.2 Å². The SMILES string of the molecule is Cc1ccnn1Cc1ncc2n1-c1cccc(Cl)c1-c1ncnn1C2. The van der Waals surface area contributed by atoms with Gasteiger partial charge in [0.1, 0.15) is 12.2 Å². The number of fused-ring (bicyclic) bond motifs is 5. The summed E-state index contributed by atoms with van der Waals surface area (Å²) in [6.07, 6.45) is 5.24. The van der Waals surface area contributed by atoms with E-state index in [0.29, 0.717) is 18.1 Å². The molecule has 0 unspecified atom stereocenters. The van der Waals surface area contributed by atoms with E-state index >= 15 is 0 Å². The second-order valence-corrected chi connectivity index (χ2v) is 6.41. The molecule has 0 fully saturated rings. The standard InChI is InChI=1S/C17H14ClN7/c1-11-5-6-21-23(11)9-15-19-7-12-8-24-17(20-10-22-24)16-13(18)3-2-4-14(16)25(12)15/h2-7,10H,8-9H2,1H3. The van der Waals surface area contributed by atoms with Crippen molar-refractivity contribution in [1.82, 2.24) is 34.1 Å². The number of rotatable bonds is 2. The Morgan fingerprint density at radius 2 is 2.08 bits per heavy atom. The predicted molar refractivity (Wildman–Crippen MR) is 92.8 cm³/mol. The second kappa shape index (κ2) is 5.29. The molecule has 3 aromatic heterocycles. The van der Waals surface area contributed by atoms with Gasteiger partial charge in [-0.1, -0.05) is 17.7 Å². The summed E-state index contributed by atoms with van der Waals surface area (Å²) in [5.74, 6) is 1.67. The highest BCUT2D eigenvalue weighted by Gasteiger charge is 2.25. The van der Waals surface area contributed by atoms with Crippen molar-refractivity contribution >= 4 is 11.6 Å². The Morgan fingerprint density at radius 1 is 1.16 bits per heavy atom. The molecule has 7 nitrogen and oxygen atoms in total. The molecule has 0 saturated carbocycles. The Kier molecular flexibility index (Phi) is 3.05. The first-order chi connectivity index (χ1) is 12.2. The normalized spacial score (nSPS) is 12.4. The highest BCUT2D eigenvalue weighted by atomic mass is 35.5. The zero-order valence-electron chi connectivity index (χ0n) is 13.5. The van der Waals surface area contributed by atoms with E-state index in [9.17, 15) is 0 Å². The Hall–Kier alpha value is -2.93.